The number of likely N-dealkylation sites (N-methyl/N-ethyl adjacent to an activating group) is 1. The molecule has 0 amide bonds. The number of para-hydroxylation sites is 2. The van der Waals surface area contributed by atoms with Gasteiger partial charge in [0, 0.05) is 13.1 Å². The van der Waals surface area contributed by atoms with Gasteiger partial charge in [0.2, 0.25) is 0 Å². The number of fused-ring (bicyclic) bond motifs is 1. The fraction of sp³-hybridized carbons (Fsp3) is 0.300. The van der Waals surface area contributed by atoms with Crippen LogP contribution in [0.3, 0.4) is 0 Å². The van der Waals surface area contributed by atoms with Gasteiger partial charge >= 0.3 is 0 Å². The molecule has 0 saturated carbocycles. The van der Waals surface area contributed by atoms with Crippen LogP contribution in [0.1, 0.15) is 0 Å². The number of nitrogens with zero attached hydrogens (tertiary/aromatic N) is 2. The van der Waals surface area contributed by atoms with E-state index in [-0.39, 0.29) is 24.8 Å². The Morgan fingerprint density at radius 1 is 1.27 bits per heavy atom. The summed E-state index contributed by atoms with van der Waals surface area (Å²) in [6.45, 7) is 1.94. The normalized spacial score (nSPS) is 9.40. The number of benzene rings is 1. The van der Waals surface area contributed by atoms with Crippen LogP contribution in [0.25, 0.3) is 11.0 Å². The number of hydrogen-bond acceptors (Lipinski definition) is 2. The summed E-state index contributed by atoms with van der Waals surface area (Å²) < 4.78 is 2.16. The second kappa shape index (κ2) is 6.67. The van der Waals surface area contributed by atoms with Crippen molar-refractivity contribution in [3.05, 3.63) is 30.6 Å². The lowest BCUT2D eigenvalue weighted by molar-refractivity contribution is 0.658. The van der Waals surface area contributed by atoms with Gasteiger partial charge in [0.05, 0.1) is 17.4 Å². The molecule has 84 valence electrons. The topological polar surface area (TPSA) is 29.9 Å². The minimum Gasteiger partial charge on any atom is -0.329 e. The van der Waals surface area contributed by atoms with Gasteiger partial charge in [-0.25, -0.2) is 4.98 Å². The molecular weight excluding hydrogens is 233 g/mol. The molecule has 15 heavy (non-hydrogen) atoms. The molecule has 0 atom stereocenters. The fourth-order valence-corrected chi connectivity index (χ4v) is 1.42. The predicted molar refractivity (Wildman–Crippen MR) is 68.2 cm³/mol. The molecule has 3 nitrogen and oxygen atoms in total. The Morgan fingerprint density at radius 3 is 2.73 bits per heavy atom. The number of imidazole rings is 1. The Kier molecular flexibility index (Phi) is 6.32. The van der Waals surface area contributed by atoms with Crippen LogP contribution in [0, 0.1) is 0 Å². The van der Waals surface area contributed by atoms with E-state index < -0.39 is 0 Å². The minimum absolute atomic E-state index is 0. The van der Waals surface area contributed by atoms with E-state index in [9.17, 15) is 0 Å². The molecule has 0 radical (unpaired) electrons. The highest BCUT2D eigenvalue weighted by molar-refractivity contribution is 5.85. The number of halogens is 2. The van der Waals surface area contributed by atoms with Gasteiger partial charge in [-0.1, -0.05) is 12.1 Å². The second-order valence-corrected chi connectivity index (χ2v) is 3.03. The second-order valence-electron chi connectivity index (χ2n) is 3.03. The van der Waals surface area contributed by atoms with E-state index in [0.29, 0.717) is 0 Å². The molecule has 5 heteroatoms. The van der Waals surface area contributed by atoms with E-state index in [1.165, 1.54) is 5.52 Å². The summed E-state index contributed by atoms with van der Waals surface area (Å²) in [5, 5.41) is 3.12. The monoisotopic (exact) mass is 247 g/mol. The van der Waals surface area contributed by atoms with Crippen molar-refractivity contribution in [2.24, 2.45) is 0 Å². The Bertz CT molecular complexity index is 400. The lowest BCUT2D eigenvalue weighted by atomic mass is 10.3. The first-order chi connectivity index (χ1) is 6.42. The van der Waals surface area contributed by atoms with Crippen molar-refractivity contribution >= 4 is 35.8 Å². The predicted octanol–water partition coefficient (Wildman–Crippen LogP) is 2.10. The van der Waals surface area contributed by atoms with Crippen molar-refractivity contribution < 1.29 is 0 Å². The van der Waals surface area contributed by atoms with Gasteiger partial charge in [-0.3, -0.25) is 0 Å². The molecule has 2 aromatic rings. The molecule has 1 N–H and O–H groups in total. The summed E-state index contributed by atoms with van der Waals surface area (Å²) in [5.41, 5.74) is 2.27. The standard InChI is InChI=1S/C10H13N3.2ClH/c1-11-6-7-13-8-12-9-4-2-3-5-10(9)13;;/h2-5,8,11H,6-7H2,1H3;2*1H. The lowest BCUT2D eigenvalue weighted by Gasteiger charge is -2.02. The molecule has 2 rings (SSSR count). The van der Waals surface area contributed by atoms with Gasteiger partial charge in [-0.2, -0.15) is 0 Å². The highest BCUT2D eigenvalue weighted by atomic mass is 35.5. The van der Waals surface area contributed by atoms with Crippen LogP contribution in [0.2, 0.25) is 0 Å². The maximum absolute atomic E-state index is 4.31. The zero-order valence-electron chi connectivity index (χ0n) is 8.51. The zero-order valence-corrected chi connectivity index (χ0v) is 10.1. The van der Waals surface area contributed by atoms with Crippen molar-refractivity contribution in [1.82, 2.24) is 14.9 Å². The Balaban J connectivity index is 0.000000980. The van der Waals surface area contributed by atoms with Crippen LogP contribution in [-0.4, -0.2) is 23.1 Å². The summed E-state index contributed by atoms with van der Waals surface area (Å²) in [6, 6.07) is 8.18. The van der Waals surface area contributed by atoms with Gasteiger partial charge in [0.1, 0.15) is 0 Å². The van der Waals surface area contributed by atoms with Crippen LogP contribution < -0.4 is 5.32 Å². The summed E-state index contributed by atoms with van der Waals surface area (Å²) in [6.07, 6.45) is 1.89. The third-order valence-electron chi connectivity index (χ3n) is 2.13. The number of rotatable bonds is 3. The van der Waals surface area contributed by atoms with Gasteiger partial charge in [-0.15, -0.1) is 24.8 Å². The lowest BCUT2D eigenvalue weighted by Crippen LogP contribution is -2.14. The summed E-state index contributed by atoms with van der Waals surface area (Å²) in [5.74, 6) is 0. The SMILES string of the molecule is CNCCn1cnc2ccccc21.Cl.Cl. The molecule has 1 heterocycles. The Hall–Kier alpha value is -0.770. The smallest absolute Gasteiger partial charge is 0.0958 e. The maximum Gasteiger partial charge on any atom is 0.0958 e. The van der Waals surface area contributed by atoms with Gasteiger partial charge in [0.25, 0.3) is 0 Å². The average Bonchev–Trinajstić information content (AvgIpc) is 2.58. The van der Waals surface area contributed by atoms with Gasteiger partial charge < -0.3 is 9.88 Å². The minimum atomic E-state index is 0. The van der Waals surface area contributed by atoms with E-state index in [4.69, 9.17) is 0 Å². The molecular formula is C10H15Cl2N3. The average molecular weight is 248 g/mol. The molecule has 0 fully saturated rings. The molecule has 1 aromatic heterocycles. The first-order valence-electron chi connectivity index (χ1n) is 4.46. The van der Waals surface area contributed by atoms with Crippen LogP contribution in [0.15, 0.2) is 30.6 Å². The third kappa shape index (κ3) is 3.09. The van der Waals surface area contributed by atoms with Gasteiger partial charge in [-0.05, 0) is 19.2 Å². The summed E-state index contributed by atoms with van der Waals surface area (Å²) in [4.78, 5) is 4.31. The number of hydrogen-bond donors (Lipinski definition) is 1. The van der Waals surface area contributed by atoms with Crippen molar-refractivity contribution in [2.45, 2.75) is 6.54 Å². The van der Waals surface area contributed by atoms with Crippen LogP contribution in [-0.2, 0) is 6.54 Å². The molecule has 1 aromatic carbocycles. The van der Waals surface area contributed by atoms with Crippen molar-refractivity contribution in [2.75, 3.05) is 13.6 Å². The first kappa shape index (κ1) is 14.2. The summed E-state index contributed by atoms with van der Waals surface area (Å²) in [7, 11) is 1.96. The van der Waals surface area contributed by atoms with Crippen molar-refractivity contribution in [1.29, 1.82) is 0 Å². The largest absolute Gasteiger partial charge is 0.329 e. The highest BCUT2D eigenvalue weighted by Crippen LogP contribution is 2.10. The maximum atomic E-state index is 4.31. The van der Waals surface area contributed by atoms with Crippen LogP contribution in [0.5, 0.6) is 0 Å². The molecule has 0 unspecified atom stereocenters. The molecule has 0 bridgehead atoms. The van der Waals surface area contributed by atoms with E-state index in [1.54, 1.807) is 0 Å². The number of nitrogens with one attached hydrogen (secondary N) is 1. The summed E-state index contributed by atoms with van der Waals surface area (Å²) >= 11 is 0. The van der Waals surface area contributed by atoms with E-state index in [1.807, 2.05) is 31.6 Å². The molecule has 0 aliphatic rings. The Morgan fingerprint density at radius 2 is 2.00 bits per heavy atom. The Labute approximate surface area is 102 Å². The van der Waals surface area contributed by atoms with E-state index in [2.05, 4.69) is 20.9 Å². The van der Waals surface area contributed by atoms with Crippen LogP contribution in [0.4, 0.5) is 0 Å². The molecule has 0 saturated heterocycles. The third-order valence-corrected chi connectivity index (χ3v) is 2.13. The first-order valence-corrected chi connectivity index (χ1v) is 4.46. The van der Waals surface area contributed by atoms with Crippen molar-refractivity contribution in [3.63, 3.8) is 0 Å². The fourth-order valence-electron chi connectivity index (χ4n) is 1.42. The quantitative estimate of drug-likeness (QED) is 0.901. The van der Waals surface area contributed by atoms with Crippen LogP contribution >= 0.6 is 24.8 Å². The zero-order chi connectivity index (χ0) is 9.10. The van der Waals surface area contributed by atoms with E-state index >= 15 is 0 Å². The van der Waals surface area contributed by atoms with E-state index in [0.717, 1.165) is 18.6 Å². The molecule has 0 aliphatic heterocycles. The van der Waals surface area contributed by atoms with Crippen molar-refractivity contribution in [3.8, 4) is 0 Å². The number of aromatic nitrogens is 2. The molecule has 0 spiro atoms. The molecule has 0 aliphatic carbocycles. The highest BCUT2D eigenvalue weighted by Gasteiger charge is 1.98. The van der Waals surface area contributed by atoms with Gasteiger partial charge in [0.15, 0.2) is 0 Å².